The first-order valence-electron chi connectivity index (χ1n) is 6.70. The van der Waals surface area contributed by atoms with Crippen LogP contribution in [0.25, 0.3) is 0 Å². The van der Waals surface area contributed by atoms with Crippen LogP contribution in [0.4, 0.5) is 0 Å². The summed E-state index contributed by atoms with van der Waals surface area (Å²) in [6.07, 6.45) is 3.83. The molecule has 0 rings (SSSR count). The molecule has 0 fully saturated rings. The molecule has 0 bridgehead atoms. The molecule has 0 amide bonds. The van der Waals surface area contributed by atoms with E-state index in [-0.39, 0.29) is 18.3 Å². The van der Waals surface area contributed by atoms with Crippen LogP contribution in [0.3, 0.4) is 0 Å². The summed E-state index contributed by atoms with van der Waals surface area (Å²) in [6, 6.07) is 1.49. The molecule has 0 aromatic carbocycles. The first-order chi connectivity index (χ1) is 8.69. The van der Waals surface area contributed by atoms with Gasteiger partial charge in [-0.25, -0.2) is 0 Å². The molecule has 1 N–H and O–H groups in total. The molecule has 0 spiro atoms. The van der Waals surface area contributed by atoms with Crippen molar-refractivity contribution in [2.24, 2.45) is 0 Å². The van der Waals surface area contributed by atoms with E-state index in [1.807, 2.05) is 20.8 Å². The molecule has 4 nitrogen and oxygen atoms in total. The minimum absolute atomic E-state index is 0.139. The standard InChI is InChI=1S/C13H26O4Si/c1-4-8-12(15)18(10-7-9-14)11-13(16-5-2)17-6-3/h4,8,13-14,18H,5-7,9-11H2,1-3H3. The van der Waals surface area contributed by atoms with Crippen molar-refractivity contribution in [3.63, 3.8) is 0 Å². The molecule has 0 aromatic rings. The Bertz CT molecular complexity index is 237. The maximum atomic E-state index is 12.0. The topological polar surface area (TPSA) is 55.8 Å². The van der Waals surface area contributed by atoms with Gasteiger partial charge in [0.2, 0.25) is 0 Å². The third kappa shape index (κ3) is 7.76. The molecule has 18 heavy (non-hydrogen) atoms. The monoisotopic (exact) mass is 274 g/mol. The van der Waals surface area contributed by atoms with Gasteiger partial charge in [-0.05, 0) is 39.3 Å². The van der Waals surface area contributed by atoms with E-state index >= 15 is 0 Å². The van der Waals surface area contributed by atoms with Crippen LogP contribution in [0.1, 0.15) is 27.2 Å². The van der Waals surface area contributed by atoms with Gasteiger partial charge < -0.3 is 19.4 Å². The Labute approximate surface area is 112 Å². The van der Waals surface area contributed by atoms with Crippen LogP contribution in [0, 0.1) is 0 Å². The van der Waals surface area contributed by atoms with Gasteiger partial charge in [0, 0.05) is 19.8 Å². The lowest BCUT2D eigenvalue weighted by molar-refractivity contribution is -0.125. The van der Waals surface area contributed by atoms with E-state index in [2.05, 4.69) is 0 Å². The van der Waals surface area contributed by atoms with Gasteiger partial charge in [-0.1, -0.05) is 12.1 Å². The van der Waals surface area contributed by atoms with E-state index in [4.69, 9.17) is 14.6 Å². The van der Waals surface area contributed by atoms with Crippen molar-refractivity contribution in [1.29, 1.82) is 0 Å². The predicted molar refractivity (Wildman–Crippen MR) is 75.3 cm³/mol. The van der Waals surface area contributed by atoms with Gasteiger partial charge in [-0.3, -0.25) is 0 Å². The molecule has 0 radical (unpaired) electrons. The SMILES string of the molecule is CC=CC(=O)[SiH](CCCO)CC(OCC)OCC. The lowest BCUT2D eigenvalue weighted by atomic mass is 10.5. The van der Waals surface area contributed by atoms with Crippen LogP contribution in [-0.2, 0) is 14.3 Å². The first kappa shape index (κ1) is 17.5. The van der Waals surface area contributed by atoms with Crippen LogP contribution >= 0.6 is 0 Å². The third-order valence-corrected chi connectivity index (χ3v) is 5.68. The summed E-state index contributed by atoms with van der Waals surface area (Å²) in [7, 11) is -1.62. The van der Waals surface area contributed by atoms with Crippen molar-refractivity contribution < 1.29 is 19.4 Å². The van der Waals surface area contributed by atoms with Crippen molar-refractivity contribution >= 4 is 14.2 Å². The smallest absolute Gasteiger partial charge is 0.155 e. The Kier molecular flexibility index (Phi) is 11.3. The van der Waals surface area contributed by atoms with Crippen molar-refractivity contribution in [1.82, 2.24) is 0 Å². The fourth-order valence-electron chi connectivity index (χ4n) is 1.80. The quantitative estimate of drug-likeness (QED) is 0.354. The molecule has 1 unspecified atom stereocenters. The second-order valence-corrected chi connectivity index (χ2v) is 7.05. The normalized spacial score (nSPS) is 13.4. The molecule has 0 aliphatic carbocycles. The van der Waals surface area contributed by atoms with E-state index in [9.17, 15) is 4.79 Å². The highest BCUT2D eigenvalue weighted by Crippen LogP contribution is 2.12. The zero-order valence-electron chi connectivity index (χ0n) is 11.7. The van der Waals surface area contributed by atoms with Crippen LogP contribution in [-0.4, -0.2) is 45.4 Å². The molecule has 0 saturated heterocycles. The summed E-state index contributed by atoms with van der Waals surface area (Å²) in [5.74, 6) is 0. The number of allylic oxidation sites excluding steroid dienone is 2. The Hall–Kier alpha value is -0.493. The lowest BCUT2D eigenvalue weighted by Crippen LogP contribution is -2.32. The fourth-order valence-corrected chi connectivity index (χ4v) is 4.43. The van der Waals surface area contributed by atoms with Crippen LogP contribution < -0.4 is 0 Å². The van der Waals surface area contributed by atoms with Gasteiger partial charge in [0.25, 0.3) is 0 Å². The summed E-state index contributed by atoms with van der Waals surface area (Å²) in [5, 5.41) is 9.12. The second-order valence-electron chi connectivity index (χ2n) is 4.04. The number of hydrogen-bond donors (Lipinski definition) is 1. The van der Waals surface area contributed by atoms with Gasteiger partial charge in [-0.2, -0.15) is 0 Å². The van der Waals surface area contributed by atoms with E-state index in [0.717, 1.165) is 6.04 Å². The van der Waals surface area contributed by atoms with Crippen molar-refractivity contribution in [2.45, 2.75) is 45.6 Å². The first-order valence-corrected chi connectivity index (χ1v) is 8.91. The maximum absolute atomic E-state index is 12.0. The Morgan fingerprint density at radius 3 is 2.39 bits per heavy atom. The summed E-state index contributed by atoms with van der Waals surface area (Å²) in [5.41, 5.74) is 0. The highest BCUT2D eigenvalue weighted by molar-refractivity contribution is 6.92. The van der Waals surface area contributed by atoms with Crippen LogP contribution in [0.15, 0.2) is 12.2 Å². The molecule has 0 heterocycles. The summed E-state index contributed by atoms with van der Waals surface area (Å²) < 4.78 is 11.0. The number of ether oxygens (including phenoxy) is 2. The fraction of sp³-hybridized carbons (Fsp3) is 0.769. The molecule has 0 aliphatic heterocycles. The summed E-state index contributed by atoms with van der Waals surface area (Å²) in [4.78, 5) is 12.0. The van der Waals surface area contributed by atoms with Gasteiger partial charge in [0.05, 0.1) is 0 Å². The molecule has 106 valence electrons. The summed E-state index contributed by atoms with van der Waals surface area (Å²) >= 11 is 0. The van der Waals surface area contributed by atoms with Crippen LogP contribution in [0.5, 0.6) is 0 Å². The zero-order chi connectivity index (χ0) is 13.8. The molecule has 0 saturated carbocycles. The highest BCUT2D eigenvalue weighted by atomic mass is 28.3. The number of aliphatic hydroxyl groups is 1. The number of hydrogen-bond acceptors (Lipinski definition) is 4. The van der Waals surface area contributed by atoms with E-state index in [0.29, 0.717) is 25.7 Å². The zero-order valence-corrected chi connectivity index (χ0v) is 12.9. The minimum Gasteiger partial charge on any atom is -0.396 e. The van der Waals surface area contributed by atoms with Gasteiger partial charge in [0.15, 0.2) is 6.29 Å². The largest absolute Gasteiger partial charge is 0.396 e. The van der Waals surface area contributed by atoms with Gasteiger partial charge in [0.1, 0.15) is 14.2 Å². The van der Waals surface area contributed by atoms with Crippen molar-refractivity contribution in [3.8, 4) is 0 Å². The lowest BCUT2D eigenvalue weighted by Gasteiger charge is -2.20. The average Bonchev–Trinajstić information content (AvgIpc) is 2.35. The average molecular weight is 274 g/mol. The second kappa shape index (κ2) is 11.6. The van der Waals surface area contributed by atoms with Crippen molar-refractivity contribution in [3.05, 3.63) is 12.2 Å². The Morgan fingerprint density at radius 2 is 1.94 bits per heavy atom. The maximum Gasteiger partial charge on any atom is 0.155 e. The van der Waals surface area contributed by atoms with Crippen molar-refractivity contribution in [2.75, 3.05) is 19.8 Å². The van der Waals surface area contributed by atoms with E-state index in [1.165, 1.54) is 0 Å². The number of carbonyl (C=O) groups is 1. The predicted octanol–water partition coefficient (Wildman–Crippen LogP) is 1.68. The number of carbonyl (C=O) groups excluding carboxylic acids is 1. The Balaban J connectivity index is 4.46. The van der Waals surface area contributed by atoms with Gasteiger partial charge in [-0.15, -0.1) is 0 Å². The number of aliphatic hydroxyl groups excluding tert-OH is 1. The third-order valence-electron chi connectivity index (χ3n) is 2.63. The van der Waals surface area contributed by atoms with Crippen LogP contribution in [0.2, 0.25) is 12.1 Å². The van der Waals surface area contributed by atoms with Gasteiger partial charge >= 0.3 is 0 Å². The molecular formula is C13H26O4Si. The summed E-state index contributed by atoms with van der Waals surface area (Å²) in [6.45, 7) is 7.00. The molecule has 0 aliphatic rings. The van der Waals surface area contributed by atoms with E-state index in [1.54, 1.807) is 12.2 Å². The highest BCUT2D eigenvalue weighted by Gasteiger charge is 2.23. The Morgan fingerprint density at radius 1 is 1.33 bits per heavy atom. The van der Waals surface area contributed by atoms with E-state index < -0.39 is 8.80 Å². The number of rotatable bonds is 11. The minimum atomic E-state index is -1.62. The molecule has 5 heteroatoms. The molecule has 1 atom stereocenters. The molecule has 0 aromatic heterocycles. The molecular weight excluding hydrogens is 248 g/mol.